The Balaban J connectivity index is 3.21. The summed E-state index contributed by atoms with van der Waals surface area (Å²) in [6, 6.07) is 6.23. The second kappa shape index (κ2) is 6.89. The maximum absolute atomic E-state index is 8.37. The lowest BCUT2D eigenvalue weighted by molar-refractivity contribution is 1.11. The average molecular weight is 253 g/mol. The lowest BCUT2D eigenvalue weighted by atomic mass is 9.96. The van der Waals surface area contributed by atoms with Crippen molar-refractivity contribution in [2.75, 3.05) is 0 Å². The van der Waals surface area contributed by atoms with Gasteiger partial charge < -0.3 is 0 Å². The Morgan fingerprint density at radius 3 is 2.53 bits per heavy atom. The van der Waals surface area contributed by atoms with E-state index in [1.54, 1.807) is 6.08 Å². The van der Waals surface area contributed by atoms with Gasteiger partial charge >= 0.3 is 0 Å². The summed E-state index contributed by atoms with van der Waals surface area (Å²) in [7, 11) is 0. The van der Waals surface area contributed by atoms with Crippen molar-refractivity contribution < 1.29 is 0 Å². The minimum Gasteiger partial charge on any atom is -0.300 e. The fourth-order valence-electron chi connectivity index (χ4n) is 2.02. The molecule has 1 aromatic rings. The van der Waals surface area contributed by atoms with Crippen molar-refractivity contribution >= 4 is 5.71 Å². The standard InChI is InChI=1S/C18H23N/c1-6-8-16(11-13(3)4)18(19)17-10-9-14(5)15(7-2)12-17/h6,8-12,19H,1,7H2,2-5H3/b16-8+,19-18?. The van der Waals surface area contributed by atoms with E-state index in [2.05, 4.69) is 32.6 Å². The summed E-state index contributed by atoms with van der Waals surface area (Å²) in [5, 5.41) is 8.37. The second-order valence-corrected chi connectivity index (χ2v) is 4.95. The summed E-state index contributed by atoms with van der Waals surface area (Å²) < 4.78 is 0. The molecule has 0 aromatic heterocycles. The van der Waals surface area contributed by atoms with Gasteiger partial charge in [-0.05, 0) is 50.0 Å². The molecule has 100 valence electrons. The zero-order valence-corrected chi connectivity index (χ0v) is 12.4. The third-order valence-electron chi connectivity index (χ3n) is 3.05. The van der Waals surface area contributed by atoms with Crippen LogP contribution in [-0.4, -0.2) is 5.71 Å². The van der Waals surface area contributed by atoms with Crippen molar-refractivity contribution in [3.05, 3.63) is 70.8 Å². The molecule has 0 saturated heterocycles. The van der Waals surface area contributed by atoms with E-state index in [0.717, 1.165) is 17.6 Å². The fraction of sp³-hybridized carbons (Fsp3) is 0.278. The van der Waals surface area contributed by atoms with Crippen molar-refractivity contribution in [2.24, 2.45) is 0 Å². The van der Waals surface area contributed by atoms with Crippen molar-refractivity contribution in [1.29, 1.82) is 5.41 Å². The predicted octanol–water partition coefficient (Wildman–Crippen LogP) is 5.00. The van der Waals surface area contributed by atoms with Crippen LogP contribution >= 0.6 is 0 Å². The maximum Gasteiger partial charge on any atom is 0.0684 e. The van der Waals surface area contributed by atoms with E-state index in [4.69, 9.17) is 5.41 Å². The summed E-state index contributed by atoms with van der Waals surface area (Å²) in [5.74, 6) is 0. The van der Waals surface area contributed by atoms with Crippen LogP contribution in [0.3, 0.4) is 0 Å². The molecule has 0 aliphatic rings. The number of allylic oxidation sites excluding steroid dienone is 5. The van der Waals surface area contributed by atoms with Crippen LogP contribution < -0.4 is 0 Å². The monoisotopic (exact) mass is 253 g/mol. The quantitative estimate of drug-likeness (QED) is 0.564. The van der Waals surface area contributed by atoms with Gasteiger partial charge in [0.2, 0.25) is 0 Å². The summed E-state index contributed by atoms with van der Waals surface area (Å²) in [4.78, 5) is 0. The van der Waals surface area contributed by atoms with E-state index in [0.29, 0.717) is 5.71 Å². The van der Waals surface area contributed by atoms with Crippen LogP contribution in [0.2, 0.25) is 0 Å². The Hall–Kier alpha value is -1.89. The molecule has 0 heterocycles. The Kier molecular flexibility index (Phi) is 5.50. The number of hydrogen-bond acceptors (Lipinski definition) is 1. The van der Waals surface area contributed by atoms with Gasteiger partial charge in [0.1, 0.15) is 0 Å². The van der Waals surface area contributed by atoms with Gasteiger partial charge in [0.05, 0.1) is 5.71 Å². The molecule has 1 N–H and O–H groups in total. The van der Waals surface area contributed by atoms with Gasteiger partial charge in [0, 0.05) is 5.56 Å². The maximum atomic E-state index is 8.37. The first-order chi connectivity index (χ1) is 8.99. The molecule has 19 heavy (non-hydrogen) atoms. The molecular weight excluding hydrogens is 230 g/mol. The molecule has 0 bridgehead atoms. The normalized spacial score (nSPS) is 11.1. The summed E-state index contributed by atoms with van der Waals surface area (Å²) in [6.45, 7) is 12.1. The largest absolute Gasteiger partial charge is 0.300 e. The zero-order valence-electron chi connectivity index (χ0n) is 12.4. The number of aryl methyl sites for hydroxylation is 2. The molecule has 0 fully saturated rings. The second-order valence-electron chi connectivity index (χ2n) is 4.95. The van der Waals surface area contributed by atoms with Crippen LogP contribution in [0.25, 0.3) is 0 Å². The molecule has 0 unspecified atom stereocenters. The van der Waals surface area contributed by atoms with Crippen LogP contribution in [0, 0.1) is 12.3 Å². The number of benzene rings is 1. The minimum absolute atomic E-state index is 0.552. The highest BCUT2D eigenvalue weighted by Crippen LogP contribution is 2.16. The summed E-state index contributed by atoms with van der Waals surface area (Å²) in [6.07, 6.45) is 6.64. The zero-order chi connectivity index (χ0) is 14.4. The molecule has 0 atom stereocenters. The Bertz CT molecular complexity index is 541. The molecule has 0 radical (unpaired) electrons. The van der Waals surface area contributed by atoms with Crippen molar-refractivity contribution in [3.8, 4) is 0 Å². The molecule has 0 aliphatic heterocycles. The van der Waals surface area contributed by atoms with Gasteiger partial charge in [0.15, 0.2) is 0 Å². The van der Waals surface area contributed by atoms with Gasteiger partial charge in [-0.25, -0.2) is 0 Å². The first-order valence-electron chi connectivity index (χ1n) is 6.66. The van der Waals surface area contributed by atoms with E-state index in [1.165, 1.54) is 16.7 Å². The third-order valence-corrected chi connectivity index (χ3v) is 3.05. The van der Waals surface area contributed by atoms with Gasteiger partial charge in [-0.2, -0.15) is 0 Å². The lowest BCUT2D eigenvalue weighted by Gasteiger charge is -2.10. The van der Waals surface area contributed by atoms with Crippen LogP contribution in [0.4, 0.5) is 0 Å². The topological polar surface area (TPSA) is 23.9 Å². The molecule has 0 aliphatic carbocycles. The molecule has 1 rings (SSSR count). The number of hydrogen-bond donors (Lipinski definition) is 1. The van der Waals surface area contributed by atoms with Gasteiger partial charge in [-0.3, -0.25) is 5.41 Å². The number of nitrogens with one attached hydrogen (secondary N) is 1. The SMILES string of the molecule is C=C/C=C(\C=C(C)C)C(=N)c1ccc(C)c(CC)c1. The van der Waals surface area contributed by atoms with Gasteiger partial charge in [-0.1, -0.05) is 49.4 Å². The van der Waals surface area contributed by atoms with Crippen LogP contribution in [0.1, 0.15) is 37.5 Å². The number of rotatable bonds is 5. The van der Waals surface area contributed by atoms with E-state index < -0.39 is 0 Å². The van der Waals surface area contributed by atoms with Crippen LogP contribution in [0.5, 0.6) is 0 Å². The predicted molar refractivity (Wildman–Crippen MR) is 85.1 cm³/mol. The minimum atomic E-state index is 0.552. The van der Waals surface area contributed by atoms with E-state index in [1.807, 2.05) is 32.1 Å². The van der Waals surface area contributed by atoms with Crippen molar-refractivity contribution in [1.82, 2.24) is 0 Å². The Morgan fingerprint density at radius 2 is 2.00 bits per heavy atom. The molecule has 1 heteroatoms. The summed E-state index contributed by atoms with van der Waals surface area (Å²) in [5.41, 5.74) is 6.19. The van der Waals surface area contributed by atoms with Crippen molar-refractivity contribution in [3.63, 3.8) is 0 Å². The van der Waals surface area contributed by atoms with E-state index in [-0.39, 0.29) is 0 Å². The third kappa shape index (κ3) is 4.06. The average Bonchev–Trinajstić information content (AvgIpc) is 2.37. The Morgan fingerprint density at radius 1 is 1.32 bits per heavy atom. The smallest absolute Gasteiger partial charge is 0.0684 e. The van der Waals surface area contributed by atoms with Crippen molar-refractivity contribution in [2.45, 2.75) is 34.1 Å². The fourth-order valence-corrected chi connectivity index (χ4v) is 2.02. The lowest BCUT2D eigenvalue weighted by Crippen LogP contribution is -2.03. The first-order valence-corrected chi connectivity index (χ1v) is 6.66. The Labute approximate surface area is 116 Å². The van der Waals surface area contributed by atoms with Gasteiger partial charge in [-0.15, -0.1) is 0 Å². The molecular formula is C18H23N. The molecule has 0 saturated carbocycles. The highest BCUT2D eigenvalue weighted by Gasteiger charge is 2.07. The molecule has 0 spiro atoms. The molecule has 1 nitrogen and oxygen atoms in total. The molecule has 1 aromatic carbocycles. The molecule has 0 amide bonds. The highest BCUT2D eigenvalue weighted by atomic mass is 14.4. The highest BCUT2D eigenvalue weighted by molar-refractivity contribution is 6.12. The van der Waals surface area contributed by atoms with Crippen LogP contribution in [-0.2, 0) is 6.42 Å². The summed E-state index contributed by atoms with van der Waals surface area (Å²) >= 11 is 0. The van der Waals surface area contributed by atoms with E-state index in [9.17, 15) is 0 Å². The first kappa shape index (κ1) is 15.2. The van der Waals surface area contributed by atoms with E-state index >= 15 is 0 Å². The van der Waals surface area contributed by atoms with Gasteiger partial charge in [0.25, 0.3) is 0 Å². The van der Waals surface area contributed by atoms with Crippen LogP contribution in [0.15, 0.2) is 54.2 Å².